The minimum atomic E-state index is -0.331. The van der Waals surface area contributed by atoms with E-state index < -0.39 is 0 Å². The molecule has 2 N–H and O–H groups in total. The van der Waals surface area contributed by atoms with Crippen LogP contribution in [-0.2, 0) is 0 Å². The fraction of sp³-hybridized carbons (Fsp3) is 0.538. The van der Waals surface area contributed by atoms with Gasteiger partial charge in [-0.25, -0.2) is 0 Å². The third kappa shape index (κ3) is 11.1. The fourth-order valence-electron chi connectivity index (χ4n) is 1.16. The van der Waals surface area contributed by atoms with Crippen LogP contribution in [0.4, 0.5) is 0 Å². The molecule has 0 fully saturated rings. The molecular formula is C13H22O2. The van der Waals surface area contributed by atoms with Crippen LogP contribution in [0.5, 0.6) is 0 Å². The monoisotopic (exact) mass is 210 g/mol. The largest absolute Gasteiger partial charge is 0.392 e. The third-order valence-electron chi connectivity index (χ3n) is 2.01. The Morgan fingerprint density at radius 3 is 2.47 bits per heavy atom. The SMILES string of the molecule is CCCCCC(O)/C=C/C=C/C=C/CO. The maximum Gasteiger partial charge on any atom is 0.0723 e. The Balaban J connectivity index is 3.57. The number of aliphatic hydroxyl groups excluding tert-OH is 2. The molecule has 0 amide bonds. The molecule has 0 aromatic carbocycles. The highest BCUT2D eigenvalue weighted by Crippen LogP contribution is 2.04. The van der Waals surface area contributed by atoms with Crippen LogP contribution in [0.25, 0.3) is 0 Å². The molecule has 0 radical (unpaired) electrons. The van der Waals surface area contributed by atoms with E-state index in [2.05, 4.69) is 6.92 Å². The lowest BCUT2D eigenvalue weighted by molar-refractivity contribution is 0.208. The maximum atomic E-state index is 9.50. The second kappa shape index (κ2) is 11.2. The van der Waals surface area contributed by atoms with Crippen molar-refractivity contribution >= 4 is 0 Å². The Morgan fingerprint density at radius 2 is 1.80 bits per heavy atom. The summed E-state index contributed by atoms with van der Waals surface area (Å²) in [4.78, 5) is 0. The van der Waals surface area contributed by atoms with Crippen LogP contribution in [0.2, 0.25) is 0 Å². The van der Waals surface area contributed by atoms with Crippen LogP contribution >= 0.6 is 0 Å². The van der Waals surface area contributed by atoms with Crippen LogP contribution in [0, 0.1) is 0 Å². The first-order valence-electron chi connectivity index (χ1n) is 5.60. The van der Waals surface area contributed by atoms with E-state index in [1.54, 1.807) is 18.2 Å². The van der Waals surface area contributed by atoms with Crippen molar-refractivity contribution in [1.29, 1.82) is 0 Å². The van der Waals surface area contributed by atoms with E-state index in [1.165, 1.54) is 12.8 Å². The first kappa shape index (κ1) is 14.1. The Morgan fingerprint density at radius 1 is 1.07 bits per heavy atom. The van der Waals surface area contributed by atoms with Crippen molar-refractivity contribution in [1.82, 2.24) is 0 Å². The van der Waals surface area contributed by atoms with E-state index in [4.69, 9.17) is 5.11 Å². The van der Waals surface area contributed by atoms with Gasteiger partial charge in [0.05, 0.1) is 12.7 Å². The predicted octanol–water partition coefficient (Wildman–Crippen LogP) is 2.59. The summed E-state index contributed by atoms with van der Waals surface area (Å²) in [7, 11) is 0. The third-order valence-corrected chi connectivity index (χ3v) is 2.01. The molecule has 0 aromatic heterocycles. The van der Waals surface area contributed by atoms with Crippen LogP contribution in [0.3, 0.4) is 0 Å². The van der Waals surface area contributed by atoms with Gasteiger partial charge in [-0.3, -0.25) is 0 Å². The Hall–Kier alpha value is -0.860. The quantitative estimate of drug-likeness (QED) is 0.477. The summed E-state index contributed by atoms with van der Waals surface area (Å²) in [5.74, 6) is 0. The summed E-state index contributed by atoms with van der Waals surface area (Å²) in [6.45, 7) is 2.21. The van der Waals surface area contributed by atoms with Crippen LogP contribution in [-0.4, -0.2) is 22.9 Å². The lowest BCUT2D eigenvalue weighted by Crippen LogP contribution is -2.00. The van der Waals surface area contributed by atoms with Gasteiger partial charge in [-0.15, -0.1) is 0 Å². The molecule has 0 aromatic rings. The molecule has 0 aliphatic rings. The van der Waals surface area contributed by atoms with Gasteiger partial charge >= 0.3 is 0 Å². The van der Waals surface area contributed by atoms with E-state index in [9.17, 15) is 5.11 Å². The number of hydrogen-bond acceptors (Lipinski definition) is 2. The van der Waals surface area contributed by atoms with Gasteiger partial charge < -0.3 is 10.2 Å². The summed E-state index contributed by atoms with van der Waals surface area (Å²) in [6.07, 6.45) is 14.7. The molecule has 0 saturated heterocycles. The predicted molar refractivity (Wildman–Crippen MR) is 64.7 cm³/mol. The van der Waals surface area contributed by atoms with Crippen molar-refractivity contribution in [2.75, 3.05) is 6.61 Å². The van der Waals surface area contributed by atoms with Crippen molar-refractivity contribution in [3.05, 3.63) is 36.5 Å². The smallest absolute Gasteiger partial charge is 0.0723 e. The molecule has 1 unspecified atom stereocenters. The number of allylic oxidation sites excluding steroid dienone is 4. The molecular weight excluding hydrogens is 188 g/mol. The summed E-state index contributed by atoms with van der Waals surface area (Å²) in [5.41, 5.74) is 0. The first-order chi connectivity index (χ1) is 7.31. The van der Waals surface area contributed by atoms with Crippen molar-refractivity contribution in [2.24, 2.45) is 0 Å². The highest BCUT2D eigenvalue weighted by atomic mass is 16.3. The van der Waals surface area contributed by atoms with Gasteiger partial charge in [0.2, 0.25) is 0 Å². The van der Waals surface area contributed by atoms with E-state index >= 15 is 0 Å². The van der Waals surface area contributed by atoms with Crippen molar-refractivity contribution < 1.29 is 10.2 Å². The van der Waals surface area contributed by atoms with Gasteiger partial charge in [-0.2, -0.15) is 0 Å². The van der Waals surface area contributed by atoms with E-state index in [-0.39, 0.29) is 12.7 Å². The second-order valence-corrected chi connectivity index (χ2v) is 3.44. The van der Waals surface area contributed by atoms with Crippen molar-refractivity contribution in [2.45, 2.75) is 38.7 Å². The van der Waals surface area contributed by atoms with Gasteiger partial charge in [-0.05, 0) is 6.42 Å². The Kier molecular flexibility index (Phi) is 10.6. The Bertz CT molecular complexity index is 205. The molecule has 86 valence electrons. The van der Waals surface area contributed by atoms with Gasteiger partial charge in [0.25, 0.3) is 0 Å². The second-order valence-electron chi connectivity index (χ2n) is 3.44. The molecule has 0 bridgehead atoms. The number of aliphatic hydroxyl groups is 2. The van der Waals surface area contributed by atoms with Crippen molar-refractivity contribution in [3.8, 4) is 0 Å². The van der Waals surface area contributed by atoms with Crippen LogP contribution in [0.1, 0.15) is 32.6 Å². The zero-order chi connectivity index (χ0) is 11.4. The minimum absolute atomic E-state index is 0.0632. The Labute approximate surface area is 92.6 Å². The van der Waals surface area contributed by atoms with E-state index in [1.807, 2.05) is 18.2 Å². The zero-order valence-electron chi connectivity index (χ0n) is 9.47. The average Bonchev–Trinajstić information content (AvgIpc) is 2.23. The van der Waals surface area contributed by atoms with Gasteiger partial charge in [0, 0.05) is 0 Å². The first-order valence-corrected chi connectivity index (χ1v) is 5.60. The molecule has 0 spiro atoms. The zero-order valence-corrected chi connectivity index (χ0v) is 9.47. The lowest BCUT2D eigenvalue weighted by atomic mass is 10.1. The minimum Gasteiger partial charge on any atom is -0.392 e. The lowest BCUT2D eigenvalue weighted by Gasteiger charge is -2.02. The highest BCUT2D eigenvalue weighted by molar-refractivity contribution is 5.12. The molecule has 0 aliphatic heterocycles. The normalized spacial score (nSPS) is 14.6. The van der Waals surface area contributed by atoms with Gasteiger partial charge in [-0.1, -0.05) is 62.6 Å². The molecule has 2 nitrogen and oxygen atoms in total. The van der Waals surface area contributed by atoms with Crippen LogP contribution in [0.15, 0.2) is 36.5 Å². The summed E-state index contributed by atoms with van der Waals surface area (Å²) < 4.78 is 0. The molecule has 15 heavy (non-hydrogen) atoms. The fourth-order valence-corrected chi connectivity index (χ4v) is 1.16. The number of unbranched alkanes of at least 4 members (excludes halogenated alkanes) is 2. The topological polar surface area (TPSA) is 40.5 Å². The van der Waals surface area contributed by atoms with Gasteiger partial charge in [0.15, 0.2) is 0 Å². The van der Waals surface area contributed by atoms with Gasteiger partial charge in [0.1, 0.15) is 0 Å². The van der Waals surface area contributed by atoms with Crippen molar-refractivity contribution in [3.63, 3.8) is 0 Å². The molecule has 0 aliphatic carbocycles. The summed E-state index contributed by atoms with van der Waals surface area (Å²) in [5, 5.41) is 18.0. The molecule has 0 heterocycles. The molecule has 0 rings (SSSR count). The average molecular weight is 210 g/mol. The number of rotatable bonds is 8. The van der Waals surface area contributed by atoms with E-state index in [0.717, 1.165) is 12.8 Å². The molecule has 1 atom stereocenters. The molecule has 0 saturated carbocycles. The highest BCUT2D eigenvalue weighted by Gasteiger charge is 1.96. The standard InChI is InChI=1S/C13H22O2/c1-2-3-7-10-13(15)11-8-5-4-6-9-12-14/h4-6,8-9,11,13-15H,2-3,7,10,12H2,1H3/b5-4+,9-6+,11-8+. The number of hydrogen-bond donors (Lipinski definition) is 2. The summed E-state index contributed by atoms with van der Waals surface area (Å²) in [6, 6.07) is 0. The van der Waals surface area contributed by atoms with Crippen LogP contribution < -0.4 is 0 Å². The molecule has 2 heteroatoms. The maximum absolute atomic E-state index is 9.50. The summed E-state index contributed by atoms with van der Waals surface area (Å²) >= 11 is 0. The van der Waals surface area contributed by atoms with E-state index in [0.29, 0.717) is 0 Å².